The van der Waals surface area contributed by atoms with E-state index in [1.165, 1.54) is 6.07 Å². The highest BCUT2D eigenvalue weighted by Crippen LogP contribution is 2.14. The Kier molecular flexibility index (Phi) is 3.04. The Hall–Kier alpha value is -2.15. The fourth-order valence-corrected chi connectivity index (χ4v) is 2.23. The Bertz CT molecular complexity index is 618. The number of piperazine rings is 1. The van der Waals surface area contributed by atoms with E-state index in [1.807, 2.05) is 0 Å². The summed E-state index contributed by atoms with van der Waals surface area (Å²) in [5.41, 5.74) is 0.430. The Labute approximate surface area is 110 Å². The first-order valence-electron chi connectivity index (χ1n) is 6.32. The zero-order valence-corrected chi connectivity index (χ0v) is 10.7. The van der Waals surface area contributed by atoms with Gasteiger partial charge in [0.1, 0.15) is 0 Å². The van der Waals surface area contributed by atoms with E-state index in [0.717, 1.165) is 19.6 Å². The van der Waals surface area contributed by atoms with Gasteiger partial charge in [0.05, 0.1) is 5.56 Å². The van der Waals surface area contributed by atoms with Crippen LogP contribution < -0.4 is 15.6 Å². The molecule has 1 saturated heterocycles. The number of hydrogen-bond acceptors (Lipinski definition) is 5. The average molecular weight is 260 g/mol. The summed E-state index contributed by atoms with van der Waals surface area (Å²) >= 11 is 0. The maximum Gasteiger partial charge on any atom is 0.245 e. The van der Waals surface area contributed by atoms with Gasteiger partial charge in [-0.05, 0) is 6.92 Å². The van der Waals surface area contributed by atoms with E-state index in [0.29, 0.717) is 23.4 Å². The third-order valence-corrected chi connectivity index (χ3v) is 3.20. The third-order valence-electron chi connectivity index (χ3n) is 3.20. The Morgan fingerprint density at radius 1 is 1.47 bits per heavy atom. The van der Waals surface area contributed by atoms with Gasteiger partial charge in [-0.1, -0.05) is 0 Å². The fourth-order valence-electron chi connectivity index (χ4n) is 2.23. The lowest BCUT2D eigenvalue weighted by atomic mass is 10.2. The van der Waals surface area contributed by atoms with Gasteiger partial charge in [0.25, 0.3) is 0 Å². The molecule has 1 aliphatic rings. The second-order valence-electron chi connectivity index (χ2n) is 4.71. The molecule has 3 N–H and O–H groups in total. The van der Waals surface area contributed by atoms with Crippen molar-refractivity contribution in [2.75, 3.05) is 24.5 Å². The summed E-state index contributed by atoms with van der Waals surface area (Å²) in [6.45, 7) is 4.77. The van der Waals surface area contributed by atoms with Gasteiger partial charge in [-0.25, -0.2) is 0 Å². The van der Waals surface area contributed by atoms with Crippen LogP contribution in [0, 0.1) is 0 Å². The maximum atomic E-state index is 11.7. The van der Waals surface area contributed by atoms with Gasteiger partial charge in [-0.15, -0.1) is 5.10 Å². The number of anilines is 1. The van der Waals surface area contributed by atoms with Crippen molar-refractivity contribution < 1.29 is 0 Å². The van der Waals surface area contributed by atoms with E-state index in [2.05, 4.69) is 37.3 Å². The van der Waals surface area contributed by atoms with Crippen molar-refractivity contribution in [1.82, 2.24) is 25.5 Å². The lowest BCUT2D eigenvalue weighted by Gasteiger charge is -2.30. The van der Waals surface area contributed by atoms with Crippen LogP contribution in [0.5, 0.6) is 0 Å². The highest BCUT2D eigenvalue weighted by Gasteiger charge is 2.19. The summed E-state index contributed by atoms with van der Waals surface area (Å²) < 4.78 is 0. The lowest BCUT2D eigenvalue weighted by Crippen LogP contribution is -2.49. The smallest absolute Gasteiger partial charge is 0.245 e. The summed E-state index contributed by atoms with van der Waals surface area (Å²) in [4.78, 5) is 21.1. The van der Waals surface area contributed by atoms with Gasteiger partial charge in [0, 0.05) is 44.1 Å². The van der Waals surface area contributed by atoms with Gasteiger partial charge >= 0.3 is 0 Å². The van der Waals surface area contributed by atoms with Crippen molar-refractivity contribution in [3.8, 4) is 11.4 Å². The molecular weight excluding hydrogens is 244 g/mol. The van der Waals surface area contributed by atoms with E-state index in [4.69, 9.17) is 0 Å². The molecule has 1 unspecified atom stereocenters. The number of nitrogens with zero attached hydrogens (tertiary/aromatic N) is 3. The van der Waals surface area contributed by atoms with Gasteiger partial charge in [-0.3, -0.25) is 9.89 Å². The van der Waals surface area contributed by atoms with Gasteiger partial charge in [-0.2, -0.15) is 4.98 Å². The number of hydrogen-bond donors (Lipinski definition) is 3. The summed E-state index contributed by atoms with van der Waals surface area (Å²) in [5.74, 6) is 1.15. The predicted molar refractivity (Wildman–Crippen MR) is 72.1 cm³/mol. The topological polar surface area (TPSA) is 89.7 Å². The molecule has 7 nitrogen and oxygen atoms in total. The van der Waals surface area contributed by atoms with Crippen LogP contribution >= 0.6 is 0 Å². The van der Waals surface area contributed by atoms with Crippen LogP contribution in [-0.2, 0) is 0 Å². The second-order valence-corrected chi connectivity index (χ2v) is 4.71. The number of aromatic amines is 2. The van der Waals surface area contributed by atoms with Gasteiger partial charge < -0.3 is 15.2 Å². The molecule has 0 spiro atoms. The molecule has 0 saturated carbocycles. The molecule has 0 aliphatic carbocycles. The second kappa shape index (κ2) is 4.85. The Morgan fingerprint density at radius 2 is 2.37 bits per heavy atom. The molecule has 0 radical (unpaired) electrons. The van der Waals surface area contributed by atoms with E-state index >= 15 is 0 Å². The van der Waals surface area contributed by atoms with Crippen molar-refractivity contribution in [2.45, 2.75) is 13.0 Å². The van der Waals surface area contributed by atoms with Crippen molar-refractivity contribution in [3.05, 3.63) is 28.7 Å². The van der Waals surface area contributed by atoms with Crippen molar-refractivity contribution >= 4 is 5.95 Å². The minimum absolute atomic E-state index is 0.0740. The quantitative estimate of drug-likeness (QED) is 0.705. The number of rotatable bonds is 2. The van der Waals surface area contributed by atoms with Crippen molar-refractivity contribution in [2.24, 2.45) is 0 Å². The first kappa shape index (κ1) is 11.9. The summed E-state index contributed by atoms with van der Waals surface area (Å²) in [6.07, 6.45) is 3.23. The van der Waals surface area contributed by atoms with Crippen LogP contribution in [-0.4, -0.2) is 45.8 Å². The first-order chi connectivity index (χ1) is 9.24. The first-order valence-corrected chi connectivity index (χ1v) is 6.32. The van der Waals surface area contributed by atoms with Gasteiger partial charge in [0.2, 0.25) is 5.95 Å². The lowest BCUT2D eigenvalue weighted by molar-refractivity contribution is 0.480. The van der Waals surface area contributed by atoms with E-state index in [-0.39, 0.29) is 5.43 Å². The van der Waals surface area contributed by atoms with Gasteiger partial charge in [0.15, 0.2) is 11.3 Å². The molecule has 0 aromatic carbocycles. The Morgan fingerprint density at radius 3 is 3.16 bits per heavy atom. The van der Waals surface area contributed by atoms with Crippen LogP contribution in [0.25, 0.3) is 11.4 Å². The molecule has 0 bridgehead atoms. The average Bonchev–Trinajstić information content (AvgIpc) is 2.89. The normalized spacial score (nSPS) is 19.6. The molecule has 19 heavy (non-hydrogen) atoms. The zero-order valence-electron chi connectivity index (χ0n) is 10.7. The third kappa shape index (κ3) is 2.37. The Balaban J connectivity index is 1.87. The highest BCUT2D eigenvalue weighted by molar-refractivity contribution is 5.54. The number of pyridine rings is 1. The monoisotopic (exact) mass is 260 g/mol. The van der Waals surface area contributed by atoms with Crippen LogP contribution in [0.3, 0.4) is 0 Å². The largest absolute Gasteiger partial charge is 0.367 e. The molecule has 1 atom stereocenters. The maximum absolute atomic E-state index is 11.7. The highest BCUT2D eigenvalue weighted by atomic mass is 16.1. The van der Waals surface area contributed by atoms with Crippen molar-refractivity contribution in [1.29, 1.82) is 0 Å². The van der Waals surface area contributed by atoms with Crippen LogP contribution in [0.1, 0.15) is 6.92 Å². The number of aromatic nitrogens is 4. The molecule has 100 valence electrons. The fraction of sp³-hybridized carbons (Fsp3) is 0.417. The molecule has 3 rings (SSSR count). The van der Waals surface area contributed by atoms with Crippen LogP contribution in [0.4, 0.5) is 5.95 Å². The van der Waals surface area contributed by atoms with E-state index in [9.17, 15) is 4.79 Å². The predicted octanol–water partition coefficient (Wildman–Crippen LogP) is -0.0419. The molecule has 2 aromatic rings. The number of H-pyrrole nitrogens is 2. The SMILES string of the molecule is CC1CN(c2n[nH]c(-c3c[nH]ccc3=O)n2)CCN1. The minimum atomic E-state index is -0.0740. The summed E-state index contributed by atoms with van der Waals surface area (Å²) in [7, 11) is 0. The number of nitrogens with one attached hydrogen (secondary N) is 3. The minimum Gasteiger partial charge on any atom is -0.367 e. The molecule has 3 heterocycles. The zero-order chi connectivity index (χ0) is 13.2. The molecule has 0 amide bonds. The van der Waals surface area contributed by atoms with Crippen molar-refractivity contribution in [3.63, 3.8) is 0 Å². The van der Waals surface area contributed by atoms with Crippen LogP contribution in [0.2, 0.25) is 0 Å². The van der Waals surface area contributed by atoms with E-state index in [1.54, 1.807) is 12.4 Å². The summed E-state index contributed by atoms with van der Waals surface area (Å²) in [6, 6.07) is 1.89. The molecule has 7 heteroatoms. The summed E-state index contributed by atoms with van der Waals surface area (Å²) in [5, 5.41) is 10.4. The van der Waals surface area contributed by atoms with E-state index < -0.39 is 0 Å². The standard InChI is InChI=1S/C12H16N6O/c1-8-7-18(5-4-14-8)12-15-11(16-17-12)9-6-13-3-2-10(9)19/h2-3,6,8,14H,4-5,7H2,1H3,(H,13,19)(H,15,16,17). The molecule has 2 aromatic heterocycles. The molecular formula is C12H16N6O. The molecule has 1 fully saturated rings. The molecule has 1 aliphatic heterocycles. The van der Waals surface area contributed by atoms with Crippen LogP contribution in [0.15, 0.2) is 23.3 Å².